The standard InChI is InChI=1S/C21H24N2O6/c1-4-28-17-11-10-16(12-18(17)27-3)20(25)29-14(2)19(24)23-21(26)22-13-15-8-6-5-7-9-15/h5-12,14H,4,13H2,1-3H3,(H2,22,23,24,26)/t14-/m0/s1. The summed E-state index contributed by atoms with van der Waals surface area (Å²) in [6.45, 7) is 3.92. The summed E-state index contributed by atoms with van der Waals surface area (Å²) in [7, 11) is 1.46. The summed E-state index contributed by atoms with van der Waals surface area (Å²) >= 11 is 0. The highest BCUT2D eigenvalue weighted by Crippen LogP contribution is 2.28. The fourth-order valence-electron chi connectivity index (χ4n) is 2.39. The zero-order valence-corrected chi connectivity index (χ0v) is 16.6. The second kappa shape index (κ2) is 10.7. The lowest BCUT2D eigenvalue weighted by Gasteiger charge is -2.14. The van der Waals surface area contributed by atoms with E-state index in [0.29, 0.717) is 18.1 Å². The number of urea groups is 1. The molecule has 1 atom stereocenters. The minimum absolute atomic E-state index is 0.193. The lowest BCUT2D eigenvalue weighted by atomic mass is 10.2. The van der Waals surface area contributed by atoms with Gasteiger partial charge in [-0.3, -0.25) is 10.1 Å². The summed E-state index contributed by atoms with van der Waals surface area (Å²) in [5.41, 5.74) is 1.08. The topological polar surface area (TPSA) is 103 Å². The van der Waals surface area contributed by atoms with Gasteiger partial charge in [0.05, 0.1) is 19.3 Å². The van der Waals surface area contributed by atoms with E-state index in [4.69, 9.17) is 14.2 Å². The molecule has 8 heteroatoms. The van der Waals surface area contributed by atoms with Crippen molar-refractivity contribution >= 4 is 17.9 Å². The maximum Gasteiger partial charge on any atom is 0.339 e. The molecule has 154 valence electrons. The molecule has 0 fully saturated rings. The Morgan fingerprint density at radius 1 is 1.03 bits per heavy atom. The van der Waals surface area contributed by atoms with Crippen molar-refractivity contribution < 1.29 is 28.6 Å². The first kappa shape index (κ1) is 21.7. The number of esters is 1. The van der Waals surface area contributed by atoms with E-state index in [1.165, 1.54) is 26.2 Å². The van der Waals surface area contributed by atoms with Gasteiger partial charge in [0.15, 0.2) is 17.6 Å². The van der Waals surface area contributed by atoms with Crippen molar-refractivity contribution in [2.75, 3.05) is 13.7 Å². The van der Waals surface area contributed by atoms with Crippen LogP contribution in [0.15, 0.2) is 48.5 Å². The van der Waals surface area contributed by atoms with Crippen LogP contribution >= 0.6 is 0 Å². The van der Waals surface area contributed by atoms with Gasteiger partial charge in [0, 0.05) is 6.54 Å². The molecule has 0 aromatic heterocycles. The van der Waals surface area contributed by atoms with E-state index < -0.39 is 24.0 Å². The number of ether oxygens (including phenoxy) is 3. The number of carbonyl (C=O) groups is 3. The van der Waals surface area contributed by atoms with Gasteiger partial charge in [-0.15, -0.1) is 0 Å². The first-order valence-electron chi connectivity index (χ1n) is 9.09. The summed E-state index contributed by atoms with van der Waals surface area (Å²) in [5, 5.41) is 4.71. The Morgan fingerprint density at radius 3 is 2.41 bits per heavy atom. The number of amides is 3. The van der Waals surface area contributed by atoms with Crippen LogP contribution in [0.2, 0.25) is 0 Å². The summed E-state index contributed by atoms with van der Waals surface area (Å²) in [6.07, 6.45) is -1.16. The first-order valence-corrected chi connectivity index (χ1v) is 9.09. The number of nitrogens with one attached hydrogen (secondary N) is 2. The minimum atomic E-state index is -1.16. The fraction of sp³-hybridized carbons (Fsp3) is 0.286. The molecule has 2 aromatic rings. The Hall–Kier alpha value is -3.55. The van der Waals surface area contributed by atoms with E-state index in [1.54, 1.807) is 6.07 Å². The van der Waals surface area contributed by atoms with Crippen LogP contribution in [0.4, 0.5) is 4.79 Å². The molecule has 0 heterocycles. The Kier molecular flexibility index (Phi) is 8.02. The third-order valence-electron chi connectivity index (χ3n) is 3.88. The number of imide groups is 1. The largest absolute Gasteiger partial charge is 0.493 e. The Labute approximate surface area is 169 Å². The maximum atomic E-state index is 12.3. The van der Waals surface area contributed by atoms with Gasteiger partial charge in [-0.05, 0) is 37.6 Å². The first-order chi connectivity index (χ1) is 13.9. The van der Waals surface area contributed by atoms with Crippen molar-refractivity contribution in [1.29, 1.82) is 0 Å². The van der Waals surface area contributed by atoms with E-state index >= 15 is 0 Å². The molecular weight excluding hydrogens is 376 g/mol. The lowest BCUT2D eigenvalue weighted by Crippen LogP contribution is -2.44. The van der Waals surface area contributed by atoms with Gasteiger partial charge in [-0.2, -0.15) is 0 Å². The molecule has 0 spiro atoms. The molecule has 8 nitrogen and oxygen atoms in total. The van der Waals surface area contributed by atoms with E-state index in [0.717, 1.165) is 5.56 Å². The van der Waals surface area contributed by atoms with Crippen LogP contribution < -0.4 is 20.1 Å². The average molecular weight is 400 g/mol. The third-order valence-corrected chi connectivity index (χ3v) is 3.88. The molecule has 0 aliphatic heterocycles. The minimum Gasteiger partial charge on any atom is -0.493 e. The van der Waals surface area contributed by atoms with Gasteiger partial charge < -0.3 is 19.5 Å². The van der Waals surface area contributed by atoms with Crippen LogP contribution in [-0.4, -0.2) is 37.7 Å². The molecule has 0 radical (unpaired) electrons. The van der Waals surface area contributed by atoms with Gasteiger partial charge in [-0.1, -0.05) is 30.3 Å². The summed E-state index contributed by atoms with van der Waals surface area (Å²) in [4.78, 5) is 36.2. The summed E-state index contributed by atoms with van der Waals surface area (Å²) in [5.74, 6) is -0.591. The number of rotatable bonds is 8. The van der Waals surface area contributed by atoms with Gasteiger partial charge in [-0.25, -0.2) is 9.59 Å². The molecule has 29 heavy (non-hydrogen) atoms. The smallest absolute Gasteiger partial charge is 0.339 e. The molecule has 2 aromatic carbocycles. The highest BCUT2D eigenvalue weighted by atomic mass is 16.5. The summed E-state index contributed by atoms with van der Waals surface area (Å²) in [6, 6.07) is 13.1. The van der Waals surface area contributed by atoms with Crippen molar-refractivity contribution in [1.82, 2.24) is 10.6 Å². The molecule has 0 aliphatic carbocycles. The van der Waals surface area contributed by atoms with Crippen LogP contribution in [0.25, 0.3) is 0 Å². The molecule has 2 rings (SSSR count). The molecule has 2 N–H and O–H groups in total. The van der Waals surface area contributed by atoms with Crippen molar-refractivity contribution in [3.8, 4) is 11.5 Å². The fourth-order valence-corrected chi connectivity index (χ4v) is 2.39. The quantitative estimate of drug-likeness (QED) is 0.661. The third kappa shape index (κ3) is 6.53. The zero-order valence-electron chi connectivity index (χ0n) is 16.6. The zero-order chi connectivity index (χ0) is 21.2. The Morgan fingerprint density at radius 2 is 1.76 bits per heavy atom. The van der Waals surface area contributed by atoms with Gasteiger partial charge in [0.25, 0.3) is 5.91 Å². The van der Waals surface area contributed by atoms with E-state index in [1.807, 2.05) is 37.3 Å². The monoisotopic (exact) mass is 400 g/mol. The van der Waals surface area contributed by atoms with Crippen LogP contribution in [0.3, 0.4) is 0 Å². The van der Waals surface area contributed by atoms with Crippen molar-refractivity contribution in [3.63, 3.8) is 0 Å². The van der Waals surface area contributed by atoms with Gasteiger partial charge >= 0.3 is 12.0 Å². The molecule has 0 aliphatic rings. The molecular formula is C21H24N2O6. The summed E-state index contributed by atoms with van der Waals surface area (Å²) < 4.78 is 15.7. The molecule has 0 saturated heterocycles. The van der Waals surface area contributed by atoms with Crippen LogP contribution in [0.1, 0.15) is 29.8 Å². The van der Waals surface area contributed by atoms with Crippen LogP contribution in [0.5, 0.6) is 11.5 Å². The predicted molar refractivity (Wildman–Crippen MR) is 106 cm³/mol. The van der Waals surface area contributed by atoms with Crippen molar-refractivity contribution in [3.05, 3.63) is 59.7 Å². The van der Waals surface area contributed by atoms with Crippen LogP contribution in [0, 0.1) is 0 Å². The number of hydrogen-bond donors (Lipinski definition) is 2. The maximum absolute atomic E-state index is 12.3. The highest BCUT2D eigenvalue weighted by Gasteiger charge is 2.21. The number of hydrogen-bond acceptors (Lipinski definition) is 6. The molecule has 0 unspecified atom stereocenters. The van der Waals surface area contributed by atoms with Gasteiger partial charge in [0.2, 0.25) is 0 Å². The van der Waals surface area contributed by atoms with Crippen LogP contribution in [-0.2, 0) is 16.1 Å². The molecule has 0 saturated carbocycles. The van der Waals surface area contributed by atoms with E-state index in [2.05, 4.69) is 10.6 Å². The molecule has 0 bridgehead atoms. The predicted octanol–water partition coefficient (Wildman–Crippen LogP) is 2.67. The highest BCUT2D eigenvalue weighted by molar-refractivity contribution is 5.98. The second-order valence-corrected chi connectivity index (χ2v) is 6.00. The number of benzene rings is 2. The lowest BCUT2D eigenvalue weighted by molar-refractivity contribution is -0.127. The normalized spacial score (nSPS) is 11.1. The Bertz CT molecular complexity index is 854. The van der Waals surface area contributed by atoms with Crippen molar-refractivity contribution in [2.24, 2.45) is 0 Å². The Balaban J connectivity index is 1.88. The molecule has 3 amide bonds. The average Bonchev–Trinajstić information content (AvgIpc) is 2.73. The second-order valence-electron chi connectivity index (χ2n) is 6.00. The van der Waals surface area contributed by atoms with E-state index in [-0.39, 0.29) is 12.1 Å². The number of carbonyl (C=O) groups excluding carboxylic acids is 3. The van der Waals surface area contributed by atoms with E-state index in [9.17, 15) is 14.4 Å². The van der Waals surface area contributed by atoms with Crippen molar-refractivity contribution in [2.45, 2.75) is 26.5 Å². The van der Waals surface area contributed by atoms with Gasteiger partial charge in [0.1, 0.15) is 0 Å². The SMILES string of the molecule is CCOc1ccc(C(=O)O[C@@H](C)C(=O)NC(=O)NCc2ccccc2)cc1OC. The number of methoxy groups -OCH3 is 1.